The minimum Gasteiger partial charge on any atom is -0.385 e. The summed E-state index contributed by atoms with van der Waals surface area (Å²) < 4.78 is 25.7. The number of hydrogen-bond donors (Lipinski definition) is 2. The van der Waals surface area contributed by atoms with Gasteiger partial charge in [-0.3, -0.25) is 0 Å². The van der Waals surface area contributed by atoms with Crippen LogP contribution in [-0.4, -0.2) is 27.8 Å². The largest absolute Gasteiger partial charge is 0.385 e. The van der Waals surface area contributed by atoms with Gasteiger partial charge in [0.25, 0.3) is 0 Å². The fourth-order valence-corrected chi connectivity index (χ4v) is 1.12. The van der Waals surface area contributed by atoms with Gasteiger partial charge < -0.3 is 14.8 Å². The van der Waals surface area contributed by atoms with Crippen molar-refractivity contribution in [1.82, 2.24) is 10.6 Å². The lowest BCUT2D eigenvalue weighted by Crippen LogP contribution is -2.32. The molecule has 11 heavy (non-hydrogen) atoms. The normalized spacial score (nSPS) is 17.7. The van der Waals surface area contributed by atoms with Crippen molar-refractivity contribution in [3.8, 4) is 0 Å². The first kappa shape index (κ1) is 8.19. The molecule has 64 valence electrons. The summed E-state index contributed by atoms with van der Waals surface area (Å²) in [7, 11) is -3.39. The van der Waals surface area contributed by atoms with Crippen molar-refractivity contribution in [3.05, 3.63) is 12.1 Å². The van der Waals surface area contributed by atoms with Crippen molar-refractivity contribution in [2.24, 2.45) is 0 Å². The molecule has 1 aliphatic rings. The highest BCUT2D eigenvalue weighted by Crippen LogP contribution is 1.98. The van der Waals surface area contributed by atoms with Crippen molar-refractivity contribution in [3.63, 3.8) is 0 Å². The Morgan fingerprint density at radius 1 is 1.55 bits per heavy atom. The van der Waals surface area contributed by atoms with Crippen molar-refractivity contribution in [2.45, 2.75) is 0 Å². The molecule has 6 heteroatoms. The van der Waals surface area contributed by atoms with E-state index in [1.54, 1.807) is 0 Å². The molecule has 1 rings (SSSR count). The average molecular weight is 178 g/mol. The van der Waals surface area contributed by atoms with E-state index in [1.165, 1.54) is 6.20 Å². The highest BCUT2D eigenvalue weighted by molar-refractivity contribution is 7.86. The Hall–Kier alpha value is -0.910. The minimum absolute atomic E-state index is 0.249. The van der Waals surface area contributed by atoms with Crippen LogP contribution in [0.3, 0.4) is 0 Å². The van der Waals surface area contributed by atoms with Gasteiger partial charge in [-0.25, -0.2) is 0 Å². The summed E-state index contributed by atoms with van der Waals surface area (Å²) in [5.41, 5.74) is 0. The Bertz CT molecular complexity index is 257. The van der Waals surface area contributed by atoms with Gasteiger partial charge in [-0.2, -0.15) is 8.42 Å². The van der Waals surface area contributed by atoms with E-state index in [9.17, 15) is 8.42 Å². The van der Waals surface area contributed by atoms with E-state index >= 15 is 0 Å². The molecule has 0 amide bonds. The smallest absolute Gasteiger partial charge is 0.307 e. The molecular formula is C5H10N2O3S. The predicted octanol–water partition coefficient (Wildman–Crippen LogP) is -1.05. The Morgan fingerprint density at radius 3 is 2.73 bits per heavy atom. The molecule has 1 aliphatic heterocycles. The van der Waals surface area contributed by atoms with Crippen LogP contribution in [0.1, 0.15) is 0 Å². The standard InChI is InChI=1S/C5H10N2O3S/c1-11(8,9)10-5-4-6-2-3-7-5/h4,6-7H,2-3H2,1H3. The Morgan fingerprint density at radius 2 is 2.27 bits per heavy atom. The summed E-state index contributed by atoms with van der Waals surface area (Å²) in [4.78, 5) is 0. The maximum absolute atomic E-state index is 10.6. The van der Waals surface area contributed by atoms with Crippen molar-refractivity contribution in [2.75, 3.05) is 19.3 Å². The molecule has 0 bridgehead atoms. The third-order valence-electron chi connectivity index (χ3n) is 1.04. The molecule has 2 N–H and O–H groups in total. The van der Waals surface area contributed by atoms with Crippen LogP contribution in [0.5, 0.6) is 0 Å². The van der Waals surface area contributed by atoms with Gasteiger partial charge in [-0.15, -0.1) is 0 Å². The van der Waals surface area contributed by atoms with Gasteiger partial charge in [0, 0.05) is 13.1 Å². The van der Waals surface area contributed by atoms with Crippen LogP contribution in [-0.2, 0) is 14.3 Å². The minimum atomic E-state index is -3.39. The third-order valence-corrected chi connectivity index (χ3v) is 1.53. The SMILES string of the molecule is CS(=O)(=O)OC1=CNCCN1. The molecule has 0 aliphatic carbocycles. The lowest BCUT2D eigenvalue weighted by molar-refractivity contribution is 0.364. The second kappa shape index (κ2) is 3.00. The third kappa shape index (κ3) is 3.13. The highest BCUT2D eigenvalue weighted by atomic mass is 32.2. The fourth-order valence-electron chi connectivity index (χ4n) is 0.690. The summed E-state index contributed by atoms with van der Waals surface area (Å²) in [5.74, 6) is 0.249. The van der Waals surface area contributed by atoms with E-state index in [2.05, 4.69) is 14.8 Å². The molecule has 0 atom stereocenters. The molecule has 0 aromatic rings. The zero-order chi connectivity index (χ0) is 8.32. The van der Waals surface area contributed by atoms with Crippen LogP contribution in [0.25, 0.3) is 0 Å². The molecule has 5 nitrogen and oxygen atoms in total. The van der Waals surface area contributed by atoms with Crippen molar-refractivity contribution < 1.29 is 12.6 Å². The van der Waals surface area contributed by atoms with Crippen LogP contribution in [0.4, 0.5) is 0 Å². The van der Waals surface area contributed by atoms with Gasteiger partial charge in [0.15, 0.2) is 0 Å². The second-order valence-electron chi connectivity index (χ2n) is 2.18. The molecular weight excluding hydrogens is 168 g/mol. The van der Waals surface area contributed by atoms with Crippen LogP contribution < -0.4 is 10.6 Å². The van der Waals surface area contributed by atoms with Gasteiger partial charge in [0.1, 0.15) is 0 Å². The van der Waals surface area contributed by atoms with Gasteiger partial charge >= 0.3 is 10.1 Å². The zero-order valence-electron chi connectivity index (χ0n) is 6.12. The summed E-state index contributed by atoms with van der Waals surface area (Å²) in [6, 6.07) is 0. The zero-order valence-corrected chi connectivity index (χ0v) is 6.94. The average Bonchev–Trinajstić information content (AvgIpc) is 1.85. The predicted molar refractivity (Wildman–Crippen MR) is 40.0 cm³/mol. The lowest BCUT2D eigenvalue weighted by Gasteiger charge is -2.15. The van der Waals surface area contributed by atoms with Gasteiger partial charge in [0.2, 0.25) is 5.88 Å². The van der Waals surface area contributed by atoms with Gasteiger partial charge in [0.05, 0.1) is 12.5 Å². The summed E-state index contributed by atoms with van der Waals surface area (Å²) in [6.45, 7) is 1.44. The fraction of sp³-hybridized carbons (Fsp3) is 0.600. The molecule has 0 saturated heterocycles. The van der Waals surface area contributed by atoms with E-state index in [-0.39, 0.29) is 5.88 Å². The van der Waals surface area contributed by atoms with Gasteiger partial charge in [-0.1, -0.05) is 0 Å². The van der Waals surface area contributed by atoms with Crippen molar-refractivity contribution in [1.29, 1.82) is 0 Å². The van der Waals surface area contributed by atoms with E-state index in [0.717, 1.165) is 12.8 Å². The summed E-state index contributed by atoms with van der Waals surface area (Å²) >= 11 is 0. The molecule has 0 unspecified atom stereocenters. The quantitative estimate of drug-likeness (QED) is 0.528. The monoisotopic (exact) mass is 178 g/mol. The van der Waals surface area contributed by atoms with Crippen LogP contribution in [0.2, 0.25) is 0 Å². The van der Waals surface area contributed by atoms with Crippen LogP contribution in [0, 0.1) is 0 Å². The van der Waals surface area contributed by atoms with E-state index in [4.69, 9.17) is 0 Å². The summed E-state index contributed by atoms with van der Waals surface area (Å²) in [6.07, 6.45) is 2.49. The van der Waals surface area contributed by atoms with Crippen LogP contribution in [0.15, 0.2) is 12.1 Å². The molecule has 0 radical (unpaired) electrons. The van der Waals surface area contributed by atoms with E-state index in [1.807, 2.05) is 0 Å². The maximum Gasteiger partial charge on any atom is 0.307 e. The number of rotatable bonds is 2. The van der Waals surface area contributed by atoms with E-state index in [0.29, 0.717) is 6.54 Å². The Labute approximate surface area is 65.6 Å². The second-order valence-corrected chi connectivity index (χ2v) is 3.75. The first-order chi connectivity index (χ1) is 5.08. The molecule has 0 aromatic carbocycles. The molecule has 0 saturated carbocycles. The molecule has 0 spiro atoms. The Balaban J connectivity index is 2.55. The lowest BCUT2D eigenvalue weighted by atomic mass is 10.5. The van der Waals surface area contributed by atoms with Crippen molar-refractivity contribution >= 4 is 10.1 Å². The summed E-state index contributed by atoms with van der Waals surface area (Å²) in [5, 5.41) is 5.62. The molecule has 0 aromatic heterocycles. The van der Waals surface area contributed by atoms with E-state index < -0.39 is 10.1 Å². The first-order valence-corrected chi connectivity index (χ1v) is 4.96. The number of hydrogen-bond acceptors (Lipinski definition) is 5. The van der Waals surface area contributed by atoms with Crippen LogP contribution >= 0.6 is 0 Å². The number of nitrogens with one attached hydrogen (secondary N) is 2. The topological polar surface area (TPSA) is 67.4 Å². The van der Waals surface area contributed by atoms with Gasteiger partial charge in [-0.05, 0) is 0 Å². The Kier molecular flexibility index (Phi) is 2.23. The molecule has 0 fully saturated rings. The molecule has 1 heterocycles. The first-order valence-electron chi connectivity index (χ1n) is 3.15. The highest BCUT2D eigenvalue weighted by Gasteiger charge is 2.08. The maximum atomic E-state index is 10.6.